The highest BCUT2D eigenvalue weighted by molar-refractivity contribution is 4.73. The number of hydrogen-bond donors (Lipinski definition) is 0. The monoisotopic (exact) mass is 238 g/mol. The Hall–Kier alpha value is -0.830. The first-order valence-corrected chi connectivity index (χ1v) is 6.85. The van der Waals surface area contributed by atoms with Crippen molar-refractivity contribution in [2.24, 2.45) is 0 Å². The van der Waals surface area contributed by atoms with Crippen molar-refractivity contribution in [2.45, 2.75) is 64.5 Å². The molecule has 98 valence electrons. The van der Waals surface area contributed by atoms with Gasteiger partial charge in [-0.05, 0) is 19.3 Å². The van der Waals surface area contributed by atoms with Crippen LogP contribution in [0.15, 0.2) is 18.7 Å². The summed E-state index contributed by atoms with van der Waals surface area (Å²) in [6.07, 6.45) is 15.0. The van der Waals surface area contributed by atoms with Crippen LogP contribution < -0.4 is 0 Å². The minimum Gasteiger partial charge on any atom is -0.381 e. The topological polar surface area (TPSA) is 27.1 Å². The van der Waals surface area contributed by atoms with Crippen molar-refractivity contribution in [2.75, 3.05) is 7.11 Å². The standard InChI is InChI=1S/C14H26N2O/c1-3-4-8-14(17-2)9-6-5-7-11-16-12-10-15-13-16/h10,12-14H,3-9,11H2,1-2H3/t14-/m0/s1. The van der Waals surface area contributed by atoms with Crippen molar-refractivity contribution in [3.63, 3.8) is 0 Å². The normalized spacial score (nSPS) is 12.8. The zero-order valence-corrected chi connectivity index (χ0v) is 11.3. The van der Waals surface area contributed by atoms with E-state index in [0.29, 0.717) is 6.10 Å². The Kier molecular flexibility index (Phi) is 7.72. The van der Waals surface area contributed by atoms with Crippen molar-refractivity contribution in [1.29, 1.82) is 0 Å². The zero-order chi connectivity index (χ0) is 12.3. The van der Waals surface area contributed by atoms with Crippen LogP contribution in [0.4, 0.5) is 0 Å². The molecule has 0 saturated carbocycles. The maximum absolute atomic E-state index is 5.49. The van der Waals surface area contributed by atoms with Crippen LogP contribution >= 0.6 is 0 Å². The van der Waals surface area contributed by atoms with Crippen LogP contribution in [-0.2, 0) is 11.3 Å². The molecule has 1 aromatic rings. The molecule has 17 heavy (non-hydrogen) atoms. The molecule has 0 saturated heterocycles. The SMILES string of the molecule is CCCC[C@@H](CCCCCn1ccnc1)OC. The average molecular weight is 238 g/mol. The lowest BCUT2D eigenvalue weighted by atomic mass is 10.1. The summed E-state index contributed by atoms with van der Waals surface area (Å²) >= 11 is 0. The Bertz CT molecular complexity index is 259. The van der Waals surface area contributed by atoms with E-state index in [1.54, 1.807) is 0 Å². The van der Waals surface area contributed by atoms with E-state index >= 15 is 0 Å². The second-order valence-electron chi connectivity index (χ2n) is 4.65. The average Bonchev–Trinajstić information content (AvgIpc) is 2.85. The lowest BCUT2D eigenvalue weighted by Crippen LogP contribution is -2.10. The molecule has 1 aromatic heterocycles. The fourth-order valence-electron chi connectivity index (χ4n) is 2.07. The third-order valence-electron chi connectivity index (χ3n) is 3.21. The minimum absolute atomic E-state index is 0.475. The van der Waals surface area contributed by atoms with E-state index in [1.807, 2.05) is 25.8 Å². The minimum atomic E-state index is 0.475. The van der Waals surface area contributed by atoms with Gasteiger partial charge in [0.05, 0.1) is 12.4 Å². The lowest BCUT2D eigenvalue weighted by molar-refractivity contribution is 0.0836. The molecule has 0 radical (unpaired) electrons. The molecule has 1 rings (SSSR count). The Morgan fingerprint density at radius 1 is 1.18 bits per heavy atom. The largest absolute Gasteiger partial charge is 0.381 e. The Labute approximate surface area is 105 Å². The molecule has 1 atom stereocenters. The summed E-state index contributed by atoms with van der Waals surface area (Å²) in [5.74, 6) is 0. The number of hydrogen-bond acceptors (Lipinski definition) is 2. The Morgan fingerprint density at radius 2 is 2.00 bits per heavy atom. The van der Waals surface area contributed by atoms with Crippen LogP contribution in [0.5, 0.6) is 0 Å². The van der Waals surface area contributed by atoms with Gasteiger partial charge in [-0.2, -0.15) is 0 Å². The first-order valence-electron chi connectivity index (χ1n) is 6.85. The van der Waals surface area contributed by atoms with Crippen LogP contribution in [0.25, 0.3) is 0 Å². The highest BCUT2D eigenvalue weighted by atomic mass is 16.5. The van der Waals surface area contributed by atoms with Crippen LogP contribution in [0, 0.1) is 0 Å². The molecule has 3 nitrogen and oxygen atoms in total. The number of aryl methyl sites for hydroxylation is 1. The smallest absolute Gasteiger partial charge is 0.0945 e. The summed E-state index contributed by atoms with van der Waals surface area (Å²) in [6.45, 7) is 3.32. The second-order valence-corrected chi connectivity index (χ2v) is 4.65. The third-order valence-corrected chi connectivity index (χ3v) is 3.21. The molecule has 0 spiro atoms. The molecule has 0 bridgehead atoms. The van der Waals surface area contributed by atoms with E-state index in [9.17, 15) is 0 Å². The van der Waals surface area contributed by atoms with E-state index in [1.165, 1.54) is 44.9 Å². The fourth-order valence-corrected chi connectivity index (χ4v) is 2.07. The Balaban J connectivity index is 1.98. The maximum Gasteiger partial charge on any atom is 0.0945 e. The van der Waals surface area contributed by atoms with Crippen molar-refractivity contribution in [1.82, 2.24) is 9.55 Å². The number of imidazole rings is 1. The van der Waals surface area contributed by atoms with Gasteiger partial charge in [0, 0.05) is 26.0 Å². The van der Waals surface area contributed by atoms with Gasteiger partial charge in [-0.1, -0.05) is 32.6 Å². The first kappa shape index (κ1) is 14.2. The van der Waals surface area contributed by atoms with E-state index < -0.39 is 0 Å². The van der Waals surface area contributed by atoms with Gasteiger partial charge >= 0.3 is 0 Å². The molecule has 0 aromatic carbocycles. The van der Waals surface area contributed by atoms with Crippen molar-refractivity contribution in [3.8, 4) is 0 Å². The Morgan fingerprint density at radius 3 is 2.65 bits per heavy atom. The number of ether oxygens (including phenoxy) is 1. The number of methoxy groups -OCH3 is 1. The maximum atomic E-state index is 5.49. The van der Waals surface area contributed by atoms with Crippen LogP contribution in [-0.4, -0.2) is 22.8 Å². The summed E-state index contributed by atoms with van der Waals surface area (Å²) in [6, 6.07) is 0. The molecule has 0 N–H and O–H groups in total. The third kappa shape index (κ3) is 6.47. The summed E-state index contributed by atoms with van der Waals surface area (Å²) in [7, 11) is 1.84. The summed E-state index contributed by atoms with van der Waals surface area (Å²) < 4.78 is 7.63. The van der Waals surface area contributed by atoms with E-state index in [0.717, 1.165) is 6.54 Å². The molecule has 0 aliphatic rings. The molecule has 0 aliphatic heterocycles. The summed E-state index contributed by atoms with van der Waals surface area (Å²) in [5.41, 5.74) is 0. The van der Waals surface area contributed by atoms with Gasteiger partial charge in [0.2, 0.25) is 0 Å². The predicted molar refractivity (Wildman–Crippen MR) is 71.0 cm³/mol. The second kappa shape index (κ2) is 9.23. The van der Waals surface area contributed by atoms with Crippen molar-refractivity contribution in [3.05, 3.63) is 18.7 Å². The first-order chi connectivity index (χ1) is 8.36. The highest BCUT2D eigenvalue weighted by Crippen LogP contribution is 2.12. The predicted octanol–water partition coefficient (Wildman–Crippen LogP) is 3.65. The van der Waals surface area contributed by atoms with Gasteiger partial charge in [-0.25, -0.2) is 4.98 Å². The van der Waals surface area contributed by atoms with Gasteiger partial charge in [0.15, 0.2) is 0 Å². The fraction of sp³-hybridized carbons (Fsp3) is 0.786. The van der Waals surface area contributed by atoms with Gasteiger partial charge in [0.1, 0.15) is 0 Å². The molecular formula is C14H26N2O. The summed E-state index contributed by atoms with van der Waals surface area (Å²) in [4.78, 5) is 4.04. The molecule has 0 fully saturated rings. The van der Waals surface area contributed by atoms with E-state index in [4.69, 9.17) is 4.74 Å². The van der Waals surface area contributed by atoms with Crippen molar-refractivity contribution >= 4 is 0 Å². The number of aromatic nitrogens is 2. The molecule has 0 amide bonds. The number of nitrogens with zero attached hydrogens (tertiary/aromatic N) is 2. The van der Waals surface area contributed by atoms with E-state index in [-0.39, 0.29) is 0 Å². The van der Waals surface area contributed by atoms with E-state index in [2.05, 4.69) is 16.5 Å². The highest BCUT2D eigenvalue weighted by Gasteiger charge is 2.05. The van der Waals surface area contributed by atoms with Crippen LogP contribution in [0.3, 0.4) is 0 Å². The van der Waals surface area contributed by atoms with Crippen LogP contribution in [0.2, 0.25) is 0 Å². The molecular weight excluding hydrogens is 212 g/mol. The van der Waals surface area contributed by atoms with Gasteiger partial charge in [0.25, 0.3) is 0 Å². The molecule has 0 aliphatic carbocycles. The molecule has 1 heterocycles. The van der Waals surface area contributed by atoms with Crippen molar-refractivity contribution < 1.29 is 4.74 Å². The number of rotatable bonds is 10. The van der Waals surface area contributed by atoms with Gasteiger partial charge < -0.3 is 9.30 Å². The van der Waals surface area contributed by atoms with Gasteiger partial charge in [-0.15, -0.1) is 0 Å². The quantitative estimate of drug-likeness (QED) is 0.582. The van der Waals surface area contributed by atoms with Crippen LogP contribution in [0.1, 0.15) is 51.9 Å². The van der Waals surface area contributed by atoms with Gasteiger partial charge in [-0.3, -0.25) is 0 Å². The lowest BCUT2D eigenvalue weighted by Gasteiger charge is -2.14. The zero-order valence-electron chi connectivity index (χ0n) is 11.3. The summed E-state index contributed by atoms with van der Waals surface area (Å²) in [5, 5.41) is 0. The molecule has 0 unspecified atom stereocenters. The molecule has 3 heteroatoms. The number of unbranched alkanes of at least 4 members (excludes halogenated alkanes) is 3.